The van der Waals surface area contributed by atoms with Crippen molar-refractivity contribution >= 4 is 11.0 Å². The average molecular weight is 326 g/mol. The molecule has 0 radical (unpaired) electrons. The topological polar surface area (TPSA) is 65.3 Å². The van der Waals surface area contributed by atoms with Crippen LogP contribution >= 0.6 is 0 Å². The Hall–Kier alpha value is -2.79. The number of para-hydroxylation sites is 1. The lowest BCUT2D eigenvalue weighted by molar-refractivity contribution is -0.686. The van der Waals surface area contributed by atoms with Crippen molar-refractivity contribution in [2.45, 2.75) is 13.1 Å². The van der Waals surface area contributed by atoms with Crippen molar-refractivity contribution in [3.05, 3.63) is 70.1 Å². The molecule has 0 unspecified atom stereocenters. The Bertz CT molecular complexity index is 901. The fourth-order valence-corrected chi connectivity index (χ4v) is 2.76. The normalized spacial score (nSPS) is 10.8. The second-order valence-corrected chi connectivity index (χ2v) is 5.46. The van der Waals surface area contributed by atoms with Gasteiger partial charge in [0.05, 0.1) is 14.2 Å². The van der Waals surface area contributed by atoms with Crippen LogP contribution in [0.15, 0.2) is 57.7 Å². The molecule has 5 nitrogen and oxygen atoms in total. The van der Waals surface area contributed by atoms with E-state index in [1.54, 1.807) is 26.4 Å². The number of methoxy groups -OCH3 is 2. The summed E-state index contributed by atoms with van der Waals surface area (Å²) in [6.45, 7) is 1.44. The predicted molar refractivity (Wildman–Crippen MR) is 91.4 cm³/mol. The highest BCUT2D eigenvalue weighted by molar-refractivity contribution is 5.81. The fraction of sp³-hybridized carbons (Fsp3) is 0.211. The van der Waals surface area contributed by atoms with Crippen LogP contribution in [0, 0.1) is 0 Å². The van der Waals surface area contributed by atoms with Crippen molar-refractivity contribution in [2.24, 2.45) is 0 Å². The van der Waals surface area contributed by atoms with Gasteiger partial charge >= 0.3 is 5.63 Å². The SMILES string of the molecule is COc1ccc2c(C[NH2+]Cc3ccccc3OC)cc(=O)oc2c1. The highest BCUT2D eigenvalue weighted by Crippen LogP contribution is 2.22. The van der Waals surface area contributed by atoms with E-state index in [0.717, 1.165) is 28.8 Å². The number of benzene rings is 2. The molecule has 0 aliphatic heterocycles. The number of quaternary nitrogens is 1. The Morgan fingerprint density at radius 1 is 0.958 bits per heavy atom. The number of ether oxygens (including phenoxy) is 2. The van der Waals surface area contributed by atoms with Crippen molar-refractivity contribution < 1.29 is 19.2 Å². The number of rotatable bonds is 6. The summed E-state index contributed by atoms with van der Waals surface area (Å²) in [5.41, 5.74) is 2.26. The van der Waals surface area contributed by atoms with E-state index in [-0.39, 0.29) is 5.63 Å². The van der Waals surface area contributed by atoms with Gasteiger partial charge in [-0.3, -0.25) is 0 Å². The molecule has 5 heteroatoms. The summed E-state index contributed by atoms with van der Waals surface area (Å²) in [5.74, 6) is 1.54. The van der Waals surface area contributed by atoms with E-state index in [1.807, 2.05) is 36.4 Å². The molecular weight excluding hydrogens is 306 g/mol. The Labute approximate surface area is 139 Å². The molecule has 2 N–H and O–H groups in total. The van der Waals surface area contributed by atoms with Gasteiger partial charge in [0, 0.05) is 28.6 Å². The summed E-state index contributed by atoms with van der Waals surface area (Å²) in [6.07, 6.45) is 0. The molecule has 0 bridgehead atoms. The molecule has 3 aromatic rings. The van der Waals surface area contributed by atoms with Crippen LogP contribution in [0.3, 0.4) is 0 Å². The third kappa shape index (κ3) is 3.41. The second-order valence-electron chi connectivity index (χ2n) is 5.46. The van der Waals surface area contributed by atoms with Gasteiger partial charge in [-0.25, -0.2) is 4.79 Å². The molecule has 1 aromatic heterocycles. The largest absolute Gasteiger partial charge is 0.497 e. The Balaban J connectivity index is 1.81. The van der Waals surface area contributed by atoms with Crippen molar-refractivity contribution in [1.29, 1.82) is 0 Å². The lowest BCUT2D eigenvalue weighted by atomic mass is 10.1. The molecule has 0 atom stereocenters. The third-order valence-electron chi connectivity index (χ3n) is 3.96. The summed E-state index contributed by atoms with van der Waals surface area (Å²) < 4.78 is 15.8. The molecule has 3 rings (SSSR count). The Morgan fingerprint density at radius 3 is 2.54 bits per heavy atom. The second kappa shape index (κ2) is 7.19. The molecule has 2 aromatic carbocycles. The maximum Gasteiger partial charge on any atom is 0.336 e. The molecule has 0 spiro atoms. The van der Waals surface area contributed by atoms with Crippen LogP contribution in [-0.4, -0.2) is 14.2 Å². The van der Waals surface area contributed by atoms with E-state index in [1.165, 1.54) is 0 Å². The third-order valence-corrected chi connectivity index (χ3v) is 3.96. The molecule has 0 saturated heterocycles. The van der Waals surface area contributed by atoms with Crippen molar-refractivity contribution in [2.75, 3.05) is 14.2 Å². The van der Waals surface area contributed by atoms with E-state index in [9.17, 15) is 4.79 Å². The van der Waals surface area contributed by atoms with Gasteiger partial charge in [-0.2, -0.15) is 0 Å². The van der Waals surface area contributed by atoms with Crippen LogP contribution in [0.1, 0.15) is 11.1 Å². The number of fused-ring (bicyclic) bond motifs is 1. The minimum absolute atomic E-state index is 0.351. The molecule has 0 aliphatic carbocycles. The lowest BCUT2D eigenvalue weighted by Crippen LogP contribution is -2.80. The van der Waals surface area contributed by atoms with E-state index >= 15 is 0 Å². The molecule has 124 valence electrons. The molecule has 0 fully saturated rings. The van der Waals surface area contributed by atoms with E-state index in [2.05, 4.69) is 5.32 Å². The van der Waals surface area contributed by atoms with Gasteiger partial charge in [-0.15, -0.1) is 0 Å². The van der Waals surface area contributed by atoms with Crippen LogP contribution in [0.25, 0.3) is 11.0 Å². The zero-order valence-electron chi connectivity index (χ0n) is 13.7. The molecule has 1 heterocycles. The van der Waals surface area contributed by atoms with Crippen LogP contribution in [0.4, 0.5) is 0 Å². The minimum atomic E-state index is -0.351. The fourth-order valence-electron chi connectivity index (χ4n) is 2.76. The van der Waals surface area contributed by atoms with Crippen LogP contribution in [0.5, 0.6) is 11.5 Å². The predicted octanol–water partition coefficient (Wildman–Crippen LogP) is 2.07. The van der Waals surface area contributed by atoms with Gasteiger partial charge < -0.3 is 19.2 Å². The summed E-state index contributed by atoms with van der Waals surface area (Å²) in [6, 6.07) is 15.0. The average Bonchev–Trinajstić information content (AvgIpc) is 2.61. The van der Waals surface area contributed by atoms with E-state index < -0.39 is 0 Å². The molecule has 0 saturated carbocycles. The highest BCUT2D eigenvalue weighted by atomic mass is 16.5. The minimum Gasteiger partial charge on any atom is -0.497 e. The summed E-state index contributed by atoms with van der Waals surface area (Å²) in [4.78, 5) is 11.8. The first-order valence-electron chi connectivity index (χ1n) is 7.75. The summed E-state index contributed by atoms with van der Waals surface area (Å²) >= 11 is 0. The van der Waals surface area contributed by atoms with Gasteiger partial charge in [0.2, 0.25) is 0 Å². The summed E-state index contributed by atoms with van der Waals surface area (Å²) in [5, 5.41) is 3.06. The summed E-state index contributed by atoms with van der Waals surface area (Å²) in [7, 11) is 3.26. The molecular formula is C19H20NO4+. The zero-order chi connectivity index (χ0) is 16.9. The van der Waals surface area contributed by atoms with Crippen molar-refractivity contribution in [1.82, 2.24) is 0 Å². The number of hydrogen-bond acceptors (Lipinski definition) is 4. The van der Waals surface area contributed by atoms with E-state index in [0.29, 0.717) is 17.9 Å². The molecule has 0 amide bonds. The van der Waals surface area contributed by atoms with Crippen molar-refractivity contribution in [3.8, 4) is 11.5 Å². The standard InChI is InChI=1S/C19H19NO4/c1-22-15-7-8-16-14(9-19(21)24-18(16)10-15)12-20-11-13-5-3-4-6-17(13)23-2/h3-10,20H,11-12H2,1-2H3/p+1. The quantitative estimate of drug-likeness (QED) is 0.704. The smallest absolute Gasteiger partial charge is 0.336 e. The van der Waals surface area contributed by atoms with Gasteiger partial charge in [0.1, 0.15) is 30.2 Å². The van der Waals surface area contributed by atoms with Crippen LogP contribution in [-0.2, 0) is 13.1 Å². The lowest BCUT2D eigenvalue weighted by Gasteiger charge is -2.09. The first-order chi connectivity index (χ1) is 11.7. The number of nitrogens with two attached hydrogens (primary N) is 1. The maximum absolute atomic E-state index is 11.8. The maximum atomic E-state index is 11.8. The molecule has 0 aliphatic rings. The van der Waals surface area contributed by atoms with E-state index in [4.69, 9.17) is 13.9 Å². The number of hydrogen-bond donors (Lipinski definition) is 1. The van der Waals surface area contributed by atoms with Gasteiger partial charge in [-0.1, -0.05) is 12.1 Å². The monoisotopic (exact) mass is 326 g/mol. The van der Waals surface area contributed by atoms with Gasteiger partial charge in [0.25, 0.3) is 0 Å². The Kier molecular flexibility index (Phi) is 4.82. The van der Waals surface area contributed by atoms with Gasteiger partial charge in [-0.05, 0) is 24.3 Å². The van der Waals surface area contributed by atoms with Crippen molar-refractivity contribution in [3.63, 3.8) is 0 Å². The molecule has 24 heavy (non-hydrogen) atoms. The Morgan fingerprint density at radius 2 is 1.75 bits per heavy atom. The van der Waals surface area contributed by atoms with Crippen LogP contribution in [0.2, 0.25) is 0 Å². The first kappa shape index (κ1) is 16.1. The zero-order valence-corrected chi connectivity index (χ0v) is 13.7. The highest BCUT2D eigenvalue weighted by Gasteiger charge is 2.09. The first-order valence-corrected chi connectivity index (χ1v) is 7.75. The van der Waals surface area contributed by atoms with Gasteiger partial charge in [0.15, 0.2) is 0 Å². The van der Waals surface area contributed by atoms with Crippen LogP contribution < -0.4 is 20.4 Å².